The van der Waals surface area contributed by atoms with Crippen LogP contribution in [0.2, 0.25) is 0 Å². The summed E-state index contributed by atoms with van der Waals surface area (Å²) >= 11 is 0. The predicted molar refractivity (Wildman–Crippen MR) is 119 cm³/mol. The summed E-state index contributed by atoms with van der Waals surface area (Å²) in [5.74, 6) is 0.166. The van der Waals surface area contributed by atoms with E-state index in [4.69, 9.17) is 4.52 Å². The lowest BCUT2D eigenvalue weighted by Gasteiger charge is -2.15. The van der Waals surface area contributed by atoms with Crippen molar-refractivity contribution in [2.75, 3.05) is 13.1 Å². The van der Waals surface area contributed by atoms with Crippen LogP contribution >= 0.6 is 0 Å². The Hall–Kier alpha value is -3.11. The van der Waals surface area contributed by atoms with Gasteiger partial charge in [0.15, 0.2) is 0 Å². The number of benzene rings is 2. The van der Waals surface area contributed by atoms with Gasteiger partial charge in [0.05, 0.1) is 4.90 Å². The van der Waals surface area contributed by atoms with Gasteiger partial charge in [-0.05, 0) is 61.2 Å². The Balaban J connectivity index is 1.27. The van der Waals surface area contributed by atoms with Gasteiger partial charge < -0.3 is 9.84 Å². The number of rotatable bonds is 8. The molecule has 0 atom stereocenters. The fourth-order valence-corrected chi connectivity index (χ4v) is 5.14. The van der Waals surface area contributed by atoms with Crippen molar-refractivity contribution in [2.45, 2.75) is 44.0 Å². The highest BCUT2D eigenvalue weighted by Gasteiger charge is 2.26. The first kappa shape index (κ1) is 23.1. The first-order chi connectivity index (χ1) is 15.8. The molecule has 33 heavy (non-hydrogen) atoms. The molecule has 0 radical (unpaired) electrons. The van der Waals surface area contributed by atoms with E-state index in [0.717, 1.165) is 18.4 Å². The minimum Gasteiger partial charge on any atom is -0.352 e. The lowest BCUT2D eigenvalue weighted by atomic mass is 10.1. The normalized spacial score (nSPS) is 14.5. The van der Waals surface area contributed by atoms with Crippen LogP contribution in [-0.2, 0) is 27.8 Å². The highest BCUT2D eigenvalue weighted by atomic mass is 32.2. The van der Waals surface area contributed by atoms with Crippen LogP contribution in [0.4, 0.5) is 4.39 Å². The number of aryl methyl sites for hydroxylation is 2. The van der Waals surface area contributed by atoms with E-state index in [0.29, 0.717) is 35.9 Å². The van der Waals surface area contributed by atoms with Crippen LogP contribution in [0, 0.1) is 12.7 Å². The third-order valence-electron chi connectivity index (χ3n) is 5.57. The Bertz CT molecular complexity index is 1240. The Morgan fingerprint density at radius 1 is 1.15 bits per heavy atom. The van der Waals surface area contributed by atoms with E-state index in [9.17, 15) is 17.6 Å². The van der Waals surface area contributed by atoms with Gasteiger partial charge in [-0.3, -0.25) is 4.79 Å². The highest BCUT2D eigenvalue weighted by molar-refractivity contribution is 7.89. The van der Waals surface area contributed by atoms with E-state index >= 15 is 0 Å². The number of amides is 1. The molecular formula is C23H25FN4O4S. The van der Waals surface area contributed by atoms with Crippen LogP contribution in [0.5, 0.6) is 0 Å². The Labute approximate surface area is 191 Å². The smallest absolute Gasteiger partial charge is 0.243 e. The van der Waals surface area contributed by atoms with Gasteiger partial charge in [-0.15, -0.1) is 0 Å². The molecule has 2 heterocycles. The number of carbonyl (C=O) groups excluding carboxylic acids is 1. The molecule has 2 aromatic carbocycles. The summed E-state index contributed by atoms with van der Waals surface area (Å²) < 4.78 is 45.3. The monoisotopic (exact) mass is 472 g/mol. The molecule has 1 aromatic heterocycles. The van der Waals surface area contributed by atoms with E-state index in [2.05, 4.69) is 15.5 Å². The van der Waals surface area contributed by atoms with Gasteiger partial charge in [-0.25, -0.2) is 12.8 Å². The quantitative estimate of drug-likeness (QED) is 0.540. The lowest BCUT2D eigenvalue weighted by Crippen LogP contribution is -2.28. The third kappa shape index (κ3) is 5.45. The summed E-state index contributed by atoms with van der Waals surface area (Å²) in [7, 11) is -3.44. The van der Waals surface area contributed by atoms with Crippen LogP contribution in [0.1, 0.15) is 36.3 Å². The van der Waals surface area contributed by atoms with Gasteiger partial charge in [0.2, 0.25) is 27.6 Å². The number of nitrogens with zero attached hydrogens (tertiary/aromatic N) is 3. The van der Waals surface area contributed by atoms with E-state index in [1.54, 1.807) is 43.3 Å². The van der Waals surface area contributed by atoms with Crippen LogP contribution in [-0.4, -0.2) is 41.9 Å². The molecule has 1 amide bonds. The molecule has 1 saturated heterocycles. The third-order valence-corrected chi connectivity index (χ3v) is 7.48. The topological polar surface area (TPSA) is 105 Å². The van der Waals surface area contributed by atoms with Crippen molar-refractivity contribution in [1.82, 2.24) is 19.8 Å². The van der Waals surface area contributed by atoms with Crippen molar-refractivity contribution >= 4 is 15.9 Å². The molecular weight excluding hydrogens is 447 g/mol. The van der Waals surface area contributed by atoms with Gasteiger partial charge in [-0.2, -0.15) is 9.29 Å². The summed E-state index contributed by atoms with van der Waals surface area (Å²) in [5, 5.41) is 6.70. The van der Waals surface area contributed by atoms with Gasteiger partial charge >= 0.3 is 0 Å². The summed E-state index contributed by atoms with van der Waals surface area (Å²) in [5.41, 5.74) is 1.93. The maximum atomic E-state index is 13.4. The number of hydrogen-bond donors (Lipinski definition) is 1. The van der Waals surface area contributed by atoms with Crippen LogP contribution in [0.25, 0.3) is 11.4 Å². The maximum Gasteiger partial charge on any atom is 0.243 e. The van der Waals surface area contributed by atoms with Crippen molar-refractivity contribution in [3.8, 4) is 11.4 Å². The second-order valence-electron chi connectivity index (χ2n) is 8.01. The molecule has 0 bridgehead atoms. The Morgan fingerprint density at radius 3 is 2.58 bits per heavy atom. The molecule has 8 nitrogen and oxygen atoms in total. The van der Waals surface area contributed by atoms with Gasteiger partial charge in [-0.1, -0.05) is 17.3 Å². The fraction of sp³-hybridized carbons (Fsp3) is 0.348. The first-order valence-electron chi connectivity index (χ1n) is 10.8. The number of nitrogens with one attached hydrogen (secondary N) is 1. The Kier molecular flexibility index (Phi) is 6.85. The van der Waals surface area contributed by atoms with Crippen molar-refractivity contribution < 1.29 is 22.1 Å². The average Bonchev–Trinajstić information content (AvgIpc) is 3.51. The van der Waals surface area contributed by atoms with Crippen LogP contribution in [0.3, 0.4) is 0 Å². The second-order valence-corrected chi connectivity index (χ2v) is 9.95. The van der Waals surface area contributed by atoms with Gasteiger partial charge in [0.1, 0.15) is 5.82 Å². The molecule has 1 aliphatic rings. The second kappa shape index (κ2) is 9.80. The van der Waals surface area contributed by atoms with Crippen molar-refractivity contribution in [2.24, 2.45) is 0 Å². The summed E-state index contributed by atoms with van der Waals surface area (Å²) in [6.07, 6.45) is 2.21. The van der Waals surface area contributed by atoms with Crippen molar-refractivity contribution in [1.29, 1.82) is 0 Å². The molecule has 0 spiro atoms. The molecule has 1 aliphatic heterocycles. The number of halogens is 1. The SMILES string of the molecule is Cc1cc(-c2noc(CCC(=O)NCc3ccc(S(=O)(=O)N4CCCC4)cc3)n2)ccc1F. The molecule has 1 N–H and O–H groups in total. The summed E-state index contributed by atoms with van der Waals surface area (Å²) in [6, 6.07) is 11.1. The number of hydrogen-bond acceptors (Lipinski definition) is 6. The Morgan fingerprint density at radius 2 is 1.88 bits per heavy atom. The molecule has 0 aliphatic carbocycles. The summed E-state index contributed by atoms with van der Waals surface area (Å²) in [6.45, 7) is 3.06. The van der Waals surface area contributed by atoms with Gasteiger partial charge in [0, 0.05) is 38.0 Å². The molecule has 3 aromatic rings. The summed E-state index contributed by atoms with van der Waals surface area (Å²) in [4.78, 5) is 16.7. The first-order valence-corrected chi connectivity index (χ1v) is 12.2. The van der Waals surface area contributed by atoms with E-state index in [1.165, 1.54) is 10.4 Å². The maximum absolute atomic E-state index is 13.4. The van der Waals surface area contributed by atoms with E-state index in [-0.39, 0.29) is 36.0 Å². The minimum atomic E-state index is -3.44. The molecule has 0 unspecified atom stereocenters. The fourth-order valence-electron chi connectivity index (χ4n) is 3.62. The molecule has 174 valence electrons. The number of aromatic nitrogens is 2. The zero-order valence-electron chi connectivity index (χ0n) is 18.3. The minimum absolute atomic E-state index is 0.158. The predicted octanol–water partition coefficient (Wildman–Crippen LogP) is 3.22. The molecule has 10 heteroatoms. The zero-order valence-corrected chi connectivity index (χ0v) is 19.1. The average molecular weight is 473 g/mol. The van der Waals surface area contributed by atoms with Crippen molar-refractivity contribution in [3.63, 3.8) is 0 Å². The molecule has 4 rings (SSSR count). The highest BCUT2D eigenvalue weighted by Crippen LogP contribution is 2.21. The largest absolute Gasteiger partial charge is 0.352 e. The van der Waals surface area contributed by atoms with Crippen molar-refractivity contribution in [3.05, 3.63) is 65.3 Å². The number of carbonyl (C=O) groups is 1. The standard InChI is InChI=1S/C23H25FN4O4S/c1-16-14-18(6-9-20(16)24)23-26-22(32-27-23)11-10-21(29)25-15-17-4-7-19(8-5-17)33(30,31)28-12-2-3-13-28/h4-9,14H,2-3,10-13,15H2,1H3,(H,25,29). The zero-order chi connectivity index (χ0) is 23.4. The van der Waals surface area contributed by atoms with Crippen LogP contribution < -0.4 is 5.32 Å². The lowest BCUT2D eigenvalue weighted by molar-refractivity contribution is -0.121. The van der Waals surface area contributed by atoms with Crippen LogP contribution in [0.15, 0.2) is 51.9 Å². The van der Waals surface area contributed by atoms with E-state index in [1.807, 2.05) is 0 Å². The van der Waals surface area contributed by atoms with E-state index < -0.39 is 10.0 Å². The van der Waals surface area contributed by atoms with Gasteiger partial charge in [0.25, 0.3) is 0 Å². The molecule has 1 fully saturated rings. The number of sulfonamides is 1. The molecule has 0 saturated carbocycles.